The highest BCUT2D eigenvalue weighted by Gasteiger charge is 2.40. The molecule has 7 nitrogen and oxygen atoms in total. The first kappa shape index (κ1) is 18.5. The van der Waals surface area contributed by atoms with Crippen molar-refractivity contribution in [3.63, 3.8) is 0 Å². The number of benzene rings is 1. The highest BCUT2D eigenvalue weighted by Crippen LogP contribution is 2.30. The summed E-state index contributed by atoms with van der Waals surface area (Å²) in [5, 5.41) is 36.2. The molecule has 0 saturated carbocycles. The Bertz CT molecular complexity index is 808. The van der Waals surface area contributed by atoms with Gasteiger partial charge in [-0.3, -0.25) is 5.10 Å². The van der Waals surface area contributed by atoms with E-state index in [1.54, 1.807) is 19.1 Å². The lowest BCUT2D eigenvalue weighted by atomic mass is 10.1. The Morgan fingerprint density at radius 1 is 1.27 bits per heavy atom. The maximum absolute atomic E-state index is 13.8. The number of H-pyrrole nitrogens is 1. The van der Waals surface area contributed by atoms with Crippen LogP contribution in [-0.4, -0.2) is 50.7 Å². The largest absolute Gasteiger partial charge is 0.506 e. The maximum Gasteiger partial charge on any atom is 0.264 e. The van der Waals surface area contributed by atoms with Crippen molar-refractivity contribution in [1.82, 2.24) is 10.2 Å². The summed E-state index contributed by atoms with van der Waals surface area (Å²) in [4.78, 5) is 0. The molecule has 0 fully saturated rings. The molecule has 2 aromatic rings. The highest BCUT2D eigenvalue weighted by molar-refractivity contribution is 6.30. The number of nitrogens with one attached hydrogen (secondary N) is 1. The Balaban J connectivity index is 1.83. The van der Waals surface area contributed by atoms with Gasteiger partial charge in [-0.15, -0.1) is 5.10 Å². The molecule has 0 aliphatic carbocycles. The van der Waals surface area contributed by atoms with Crippen LogP contribution < -0.4 is 4.74 Å². The SMILES string of the molecule is Cc1[nH]nc(OC2OC(CO)C(F)C(O)=C2O)c1Cc1ccc(Cl)cc1. The molecule has 1 aliphatic rings. The van der Waals surface area contributed by atoms with Crippen LogP contribution in [0.25, 0.3) is 0 Å². The fraction of sp³-hybridized carbons (Fsp3) is 0.353. The second-order valence-electron chi connectivity index (χ2n) is 5.91. The number of hydrogen-bond donors (Lipinski definition) is 4. The Morgan fingerprint density at radius 2 is 1.96 bits per heavy atom. The summed E-state index contributed by atoms with van der Waals surface area (Å²) in [6.07, 6.45) is -4.40. The van der Waals surface area contributed by atoms with Crippen molar-refractivity contribution in [3.05, 3.63) is 57.6 Å². The van der Waals surface area contributed by atoms with E-state index in [0.717, 1.165) is 11.3 Å². The van der Waals surface area contributed by atoms with Gasteiger partial charge >= 0.3 is 0 Å². The predicted octanol–water partition coefficient (Wildman–Crippen LogP) is 2.72. The van der Waals surface area contributed by atoms with E-state index in [1.807, 2.05) is 12.1 Å². The fourth-order valence-corrected chi connectivity index (χ4v) is 2.72. The van der Waals surface area contributed by atoms with Crippen LogP contribution >= 0.6 is 11.6 Å². The summed E-state index contributed by atoms with van der Waals surface area (Å²) in [5.41, 5.74) is 2.39. The minimum Gasteiger partial charge on any atom is -0.506 e. The first-order valence-corrected chi connectivity index (χ1v) is 8.25. The molecular formula is C17H18ClFN2O5. The number of hydrogen-bond acceptors (Lipinski definition) is 6. The summed E-state index contributed by atoms with van der Waals surface area (Å²) in [6.45, 7) is 1.11. The van der Waals surface area contributed by atoms with Crippen LogP contribution in [0.4, 0.5) is 4.39 Å². The van der Waals surface area contributed by atoms with E-state index in [1.165, 1.54) is 0 Å². The fourth-order valence-electron chi connectivity index (χ4n) is 2.59. The van der Waals surface area contributed by atoms with Crippen LogP contribution in [-0.2, 0) is 11.2 Å². The Labute approximate surface area is 153 Å². The summed E-state index contributed by atoms with van der Waals surface area (Å²) in [6, 6.07) is 7.23. The molecule has 140 valence electrons. The topological polar surface area (TPSA) is 108 Å². The van der Waals surface area contributed by atoms with Crippen LogP contribution in [0.2, 0.25) is 5.02 Å². The number of rotatable bonds is 5. The smallest absolute Gasteiger partial charge is 0.264 e. The molecule has 0 saturated heterocycles. The van der Waals surface area contributed by atoms with Crippen LogP contribution in [0, 0.1) is 6.92 Å². The molecular weight excluding hydrogens is 367 g/mol. The van der Waals surface area contributed by atoms with E-state index in [-0.39, 0.29) is 5.88 Å². The van der Waals surface area contributed by atoms with Crippen molar-refractivity contribution >= 4 is 11.6 Å². The third kappa shape index (κ3) is 3.62. The summed E-state index contributed by atoms with van der Waals surface area (Å²) >= 11 is 5.89. The average molecular weight is 385 g/mol. The minimum absolute atomic E-state index is 0.135. The second kappa shape index (κ2) is 7.53. The van der Waals surface area contributed by atoms with Crippen molar-refractivity contribution < 1.29 is 29.2 Å². The van der Waals surface area contributed by atoms with Crippen molar-refractivity contribution in [3.8, 4) is 5.88 Å². The van der Waals surface area contributed by atoms with Gasteiger partial charge in [-0.1, -0.05) is 23.7 Å². The normalized spacial score (nSPS) is 23.3. The molecule has 26 heavy (non-hydrogen) atoms. The van der Waals surface area contributed by atoms with Gasteiger partial charge in [-0.2, -0.15) is 0 Å². The molecule has 3 atom stereocenters. The maximum atomic E-state index is 13.8. The third-order valence-electron chi connectivity index (χ3n) is 4.10. The van der Waals surface area contributed by atoms with Gasteiger partial charge < -0.3 is 24.8 Å². The molecule has 9 heteroatoms. The minimum atomic E-state index is -2.03. The lowest BCUT2D eigenvalue weighted by Crippen LogP contribution is -2.43. The van der Waals surface area contributed by atoms with Gasteiger partial charge in [-0.25, -0.2) is 4.39 Å². The third-order valence-corrected chi connectivity index (χ3v) is 4.35. The average Bonchev–Trinajstić information content (AvgIpc) is 2.97. The van der Waals surface area contributed by atoms with E-state index < -0.39 is 36.7 Å². The first-order valence-electron chi connectivity index (χ1n) is 7.88. The molecule has 0 spiro atoms. The van der Waals surface area contributed by atoms with Crippen LogP contribution in [0.15, 0.2) is 35.8 Å². The van der Waals surface area contributed by atoms with E-state index >= 15 is 0 Å². The van der Waals surface area contributed by atoms with E-state index in [9.17, 15) is 14.6 Å². The quantitative estimate of drug-likeness (QED) is 0.631. The Hall–Kier alpha value is -2.29. The molecule has 1 aliphatic heterocycles. The van der Waals surface area contributed by atoms with Crippen molar-refractivity contribution in [1.29, 1.82) is 0 Å². The number of ether oxygens (including phenoxy) is 2. The zero-order valence-corrected chi connectivity index (χ0v) is 14.6. The number of nitrogens with zero attached hydrogens (tertiary/aromatic N) is 1. The van der Waals surface area contributed by atoms with Gasteiger partial charge in [0.15, 0.2) is 11.9 Å². The van der Waals surface area contributed by atoms with Crippen molar-refractivity contribution in [2.75, 3.05) is 6.61 Å². The van der Waals surface area contributed by atoms with Gasteiger partial charge in [-0.05, 0) is 24.6 Å². The monoisotopic (exact) mass is 384 g/mol. The second-order valence-corrected chi connectivity index (χ2v) is 6.35. The summed E-state index contributed by atoms with van der Waals surface area (Å²) in [5.74, 6) is -1.58. The Morgan fingerprint density at radius 3 is 2.62 bits per heavy atom. The number of aryl methyl sites for hydroxylation is 1. The van der Waals surface area contributed by atoms with Crippen molar-refractivity contribution in [2.45, 2.75) is 31.9 Å². The van der Waals surface area contributed by atoms with Gasteiger partial charge in [0.1, 0.15) is 6.10 Å². The van der Waals surface area contributed by atoms with Gasteiger partial charge in [0.2, 0.25) is 11.6 Å². The summed E-state index contributed by atoms with van der Waals surface area (Å²) < 4.78 is 24.5. The van der Waals surface area contributed by atoms with Crippen LogP contribution in [0.5, 0.6) is 5.88 Å². The van der Waals surface area contributed by atoms with Crippen LogP contribution in [0.1, 0.15) is 16.8 Å². The Kier molecular flexibility index (Phi) is 5.36. The number of aliphatic hydroxyl groups is 3. The molecule has 3 unspecified atom stereocenters. The molecule has 0 amide bonds. The van der Waals surface area contributed by atoms with E-state index in [4.69, 9.17) is 26.2 Å². The predicted molar refractivity (Wildman–Crippen MR) is 91.1 cm³/mol. The van der Waals surface area contributed by atoms with Gasteiger partial charge in [0, 0.05) is 22.7 Å². The molecule has 1 aromatic carbocycles. The molecule has 0 bridgehead atoms. The molecule has 1 aromatic heterocycles. The molecule has 0 radical (unpaired) electrons. The lowest BCUT2D eigenvalue weighted by molar-refractivity contribution is -0.166. The number of halogens is 2. The zero-order chi connectivity index (χ0) is 18.8. The highest BCUT2D eigenvalue weighted by atomic mass is 35.5. The summed E-state index contributed by atoms with van der Waals surface area (Å²) in [7, 11) is 0. The lowest BCUT2D eigenvalue weighted by Gasteiger charge is -2.30. The number of alkyl halides is 1. The van der Waals surface area contributed by atoms with E-state index in [2.05, 4.69) is 10.2 Å². The van der Waals surface area contributed by atoms with Crippen molar-refractivity contribution in [2.24, 2.45) is 0 Å². The molecule has 4 N–H and O–H groups in total. The number of aromatic amines is 1. The van der Waals surface area contributed by atoms with Crippen LogP contribution in [0.3, 0.4) is 0 Å². The van der Waals surface area contributed by atoms with E-state index in [0.29, 0.717) is 17.0 Å². The standard InChI is InChI=1S/C17H18ClFN2O5/c1-8-11(6-9-2-4-10(18)5-3-9)16(21-20-8)26-17-15(24)14(23)13(19)12(7-22)25-17/h2-5,12-13,17,22-24H,6-7H2,1H3,(H,20,21). The first-order chi connectivity index (χ1) is 12.4. The zero-order valence-electron chi connectivity index (χ0n) is 13.8. The number of aromatic nitrogens is 2. The molecule has 3 rings (SSSR count). The van der Waals surface area contributed by atoms with Gasteiger partial charge in [0.25, 0.3) is 6.29 Å². The molecule has 2 heterocycles. The van der Waals surface area contributed by atoms with Gasteiger partial charge in [0.05, 0.1) is 6.61 Å². The number of aliphatic hydroxyl groups excluding tert-OH is 3.